The molecule has 2 aromatic rings. The summed E-state index contributed by atoms with van der Waals surface area (Å²) < 4.78 is 0. The first-order valence-electron chi connectivity index (χ1n) is 2.96. The van der Waals surface area contributed by atoms with Gasteiger partial charge in [0.15, 0.2) is 11.2 Å². The van der Waals surface area contributed by atoms with Crippen molar-refractivity contribution in [2.24, 2.45) is 0 Å². The predicted octanol–water partition coefficient (Wildman–Crippen LogP) is -1.15. The number of nitrogen functional groups attached to an aromatic ring is 1. The molecule has 0 fully saturated rings. The van der Waals surface area contributed by atoms with Crippen molar-refractivity contribution in [3.05, 3.63) is 16.7 Å². The fourth-order valence-corrected chi connectivity index (χ4v) is 0.860. The van der Waals surface area contributed by atoms with Crippen LogP contribution < -0.4 is 11.3 Å². The van der Waals surface area contributed by atoms with Gasteiger partial charge in [0.05, 0.1) is 6.33 Å². The summed E-state index contributed by atoms with van der Waals surface area (Å²) >= 11 is 0. The second kappa shape index (κ2) is 3.13. The second-order valence-corrected chi connectivity index (χ2v) is 2.05. The van der Waals surface area contributed by atoms with Gasteiger partial charge in [0.1, 0.15) is 0 Å². The second-order valence-electron chi connectivity index (χ2n) is 2.05. The molecule has 2 aromatic heterocycles. The Kier molecular flexibility index (Phi) is 2.36. The van der Waals surface area contributed by atoms with Gasteiger partial charge < -0.3 is 10.7 Å². The minimum Gasteiger partial charge on any atom is -0.369 e. The van der Waals surface area contributed by atoms with E-state index in [1.165, 1.54) is 6.33 Å². The number of hydrogen-bond donors (Lipinski definition) is 3. The molecule has 0 spiro atoms. The average Bonchev–Trinajstić information content (AvgIpc) is 2.34. The molecule has 7 heteroatoms. The van der Waals surface area contributed by atoms with Crippen molar-refractivity contribution in [2.45, 2.75) is 0 Å². The normalized spacial score (nSPS) is 9.67. The molecular formula is C5H5N5OSn. The first-order valence-corrected chi connectivity index (χ1v) is 2.96. The van der Waals surface area contributed by atoms with Gasteiger partial charge in [0.2, 0.25) is 5.95 Å². The minimum atomic E-state index is -0.301. The first-order chi connectivity index (χ1) is 5.27. The Labute approximate surface area is 83.6 Å². The number of nitrogens with zero attached hydrogens (tertiary/aromatic N) is 2. The number of aromatic nitrogens is 4. The largest absolute Gasteiger partial charge is 0.369 e. The maximum Gasteiger partial charge on any atom is 0.278 e. The minimum absolute atomic E-state index is 0. The number of aromatic amines is 2. The molecule has 0 saturated carbocycles. The van der Waals surface area contributed by atoms with E-state index in [9.17, 15) is 4.79 Å². The van der Waals surface area contributed by atoms with Crippen LogP contribution in [0, 0.1) is 0 Å². The third-order valence-corrected chi connectivity index (χ3v) is 1.31. The summed E-state index contributed by atoms with van der Waals surface area (Å²) in [7, 11) is 0. The van der Waals surface area contributed by atoms with Crippen molar-refractivity contribution < 1.29 is 0 Å². The molecule has 4 radical (unpaired) electrons. The molecule has 60 valence electrons. The summed E-state index contributed by atoms with van der Waals surface area (Å²) in [4.78, 5) is 23.5. The SMILES string of the molecule is Nc1nc2nc[nH]c2c(=O)[nH]1.[Sn]. The maximum atomic E-state index is 11.0. The van der Waals surface area contributed by atoms with Crippen molar-refractivity contribution in [3.63, 3.8) is 0 Å². The molecule has 0 aliphatic rings. The Balaban J connectivity index is 0.000000720. The zero-order valence-corrected chi connectivity index (χ0v) is 8.81. The van der Waals surface area contributed by atoms with E-state index in [2.05, 4.69) is 19.9 Å². The van der Waals surface area contributed by atoms with Gasteiger partial charge >= 0.3 is 0 Å². The third kappa shape index (κ3) is 1.29. The van der Waals surface area contributed by atoms with E-state index in [-0.39, 0.29) is 35.4 Å². The summed E-state index contributed by atoms with van der Waals surface area (Å²) in [6, 6.07) is 0. The molecule has 2 rings (SSSR count). The Hall–Kier alpha value is -1.05. The number of H-pyrrole nitrogens is 2. The first kappa shape index (κ1) is 9.04. The molecule has 0 aliphatic carbocycles. The Bertz CT molecular complexity index is 446. The van der Waals surface area contributed by atoms with Crippen molar-refractivity contribution in [3.8, 4) is 0 Å². The molecule has 0 saturated heterocycles. The van der Waals surface area contributed by atoms with Gasteiger partial charge in [-0.25, -0.2) is 4.98 Å². The fraction of sp³-hybridized carbons (Fsp3) is 0. The Morgan fingerprint density at radius 1 is 1.50 bits per heavy atom. The van der Waals surface area contributed by atoms with Crippen LogP contribution in [0.15, 0.2) is 11.1 Å². The average molecular weight is 270 g/mol. The van der Waals surface area contributed by atoms with Crippen LogP contribution in [0.5, 0.6) is 0 Å². The predicted molar refractivity (Wildman–Crippen MR) is 44.7 cm³/mol. The van der Waals surface area contributed by atoms with E-state index in [0.717, 1.165) is 0 Å². The van der Waals surface area contributed by atoms with Gasteiger partial charge in [-0.1, -0.05) is 0 Å². The van der Waals surface area contributed by atoms with Crippen LogP contribution in [0.4, 0.5) is 5.95 Å². The molecule has 0 atom stereocenters. The molecule has 0 aliphatic heterocycles. The molecule has 0 bridgehead atoms. The standard InChI is InChI=1S/C5H5N5O.Sn/c6-5-9-3-2(4(11)10-5)7-1-8-3;/h1H,(H4,6,7,8,9,10,11);. The summed E-state index contributed by atoms with van der Waals surface area (Å²) in [6.45, 7) is 0. The zero-order valence-electron chi connectivity index (χ0n) is 5.96. The van der Waals surface area contributed by atoms with Crippen LogP contribution in [0.2, 0.25) is 0 Å². The van der Waals surface area contributed by atoms with Gasteiger partial charge in [0, 0.05) is 23.9 Å². The number of hydrogen-bond acceptors (Lipinski definition) is 4. The molecule has 4 N–H and O–H groups in total. The topological polar surface area (TPSA) is 100 Å². The van der Waals surface area contributed by atoms with Crippen LogP contribution in [0.25, 0.3) is 11.2 Å². The van der Waals surface area contributed by atoms with Gasteiger partial charge in [-0.15, -0.1) is 0 Å². The van der Waals surface area contributed by atoms with Crippen molar-refractivity contribution in [1.29, 1.82) is 0 Å². The summed E-state index contributed by atoms with van der Waals surface area (Å²) in [5.74, 6) is 0.0783. The number of nitrogens with one attached hydrogen (secondary N) is 2. The quantitative estimate of drug-likeness (QED) is 0.526. The number of fused-ring (bicyclic) bond motifs is 1. The fourth-order valence-electron chi connectivity index (χ4n) is 0.860. The molecule has 0 unspecified atom stereocenters. The molecule has 6 nitrogen and oxygen atoms in total. The van der Waals surface area contributed by atoms with E-state index < -0.39 is 0 Å². The van der Waals surface area contributed by atoms with Gasteiger partial charge in [-0.2, -0.15) is 4.98 Å². The molecule has 12 heavy (non-hydrogen) atoms. The number of anilines is 1. The summed E-state index contributed by atoms with van der Waals surface area (Å²) in [6.07, 6.45) is 1.40. The summed E-state index contributed by atoms with van der Waals surface area (Å²) in [5, 5.41) is 0. The van der Waals surface area contributed by atoms with Crippen molar-refractivity contribution in [1.82, 2.24) is 19.9 Å². The van der Waals surface area contributed by atoms with Crippen molar-refractivity contribution in [2.75, 3.05) is 5.73 Å². The van der Waals surface area contributed by atoms with Crippen LogP contribution in [0.1, 0.15) is 0 Å². The Morgan fingerprint density at radius 3 is 3.00 bits per heavy atom. The molecule has 2 heterocycles. The van der Waals surface area contributed by atoms with E-state index in [0.29, 0.717) is 11.2 Å². The van der Waals surface area contributed by atoms with Gasteiger partial charge in [0.25, 0.3) is 5.56 Å². The number of rotatable bonds is 0. The van der Waals surface area contributed by atoms with E-state index in [4.69, 9.17) is 5.73 Å². The molecular weight excluding hydrogens is 265 g/mol. The van der Waals surface area contributed by atoms with Crippen LogP contribution in [-0.4, -0.2) is 43.8 Å². The smallest absolute Gasteiger partial charge is 0.278 e. The van der Waals surface area contributed by atoms with Gasteiger partial charge in [-0.05, 0) is 0 Å². The van der Waals surface area contributed by atoms with Crippen LogP contribution in [-0.2, 0) is 0 Å². The van der Waals surface area contributed by atoms with Crippen LogP contribution in [0.3, 0.4) is 0 Å². The van der Waals surface area contributed by atoms with Crippen molar-refractivity contribution >= 4 is 41.0 Å². The molecule has 0 aromatic carbocycles. The maximum absolute atomic E-state index is 11.0. The molecule has 0 amide bonds. The van der Waals surface area contributed by atoms with E-state index in [1.807, 2.05) is 0 Å². The van der Waals surface area contributed by atoms with Crippen LogP contribution >= 0.6 is 0 Å². The van der Waals surface area contributed by atoms with E-state index >= 15 is 0 Å². The zero-order chi connectivity index (χ0) is 7.84. The summed E-state index contributed by atoms with van der Waals surface area (Å²) in [5.41, 5.74) is 5.65. The number of nitrogens with two attached hydrogens (primary N) is 1. The third-order valence-electron chi connectivity index (χ3n) is 1.31. The monoisotopic (exact) mass is 271 g/mol. The Morgan fingerprint density at radius 2 is 2.25 bits per heavy atom. The number of imidazole rings is 1. The van der Waals surface area contributed by atoms with Gasteiger partial charge in [-0.3, -0.25) is 9.78 Å². The van der Waals surface area contributed by atoms with E-state index in [1.54, 1.807) is 0 Å².